The molecule has 1 aliphatic heterocycles. The fraction of sp³-hybridized carbons (Fsp3) is 0.400. The quantitative estimate of drug-likeness (QED) is 0.287. The summed E-state index contributed by atoms with van der Waals surface area (Å²) < 4.78 is 5.58. The van der Waals surface area contributed by atoms with E-state index in [1.165, 1.54) is 0 Å². The number of nitrogens with zero attached hydrogens (tertiary/aromatic N) is 3. The number of hydrogen-bond donors (Lipinski definition) is 2. The largest absolute Gasteiger partial charge is 0.444 e. The average molecular weight is 481 g/mol. The Balaban J connectivity index is 0.00000261. The molecule has 0 amide bonds. The summed E-state index contributed by atoms with van der Waals surface area (Å²) in [5, 5.41) is 6.83. The molecule has 0 atom stereocenters. The van der Waals surface area contributed by atoms with Crippen molar-refractivity contribution < 1.29 is 4.42 Å². The molecule has 1 aromatic carbocycles. The highest BCUT2D eigenvalue weighted by Gasteiger charge is 2.19. The molecule has 0 aliphatic carbocycles. The van der Waals surface area contributed by atoms with Crippen LogP contribution in [0.25, 0.3) is 11.5 Å². The van der Waals surface area contributed by atoms with E-state index in [-0.39, 0.29) is 24.0 Å². The van der Waals surface area contributed by atoms with Gasteiger partial charge in [0.1, 0.15) is 6.26 Å². The Hall–Kier alpha value is -1.87. The van der Waals surface area contributed by atoms with Gasteiger partial charge in [0.15, 0.2) is 5.96 Å². The summed E-state index contributed by atoms with van der Waals surface area (Å²) in [5.41, 5.74) is 1.83. The molecule has 27 heavy (non-hydrogen) atoms. The van der Waals surface area contributed by atoms with Gasteiger partial charge in [-0.15, -0.1) is 30.6 Å². The number of hydrogen-bond acceptors (Lipinski definition) is 4. The standard InChI is InChI=1S/C20H27N5O.HI/c1-3-11-25-12-9-17(10-13-25)24-20(21-2)22-14-18-15-26-19(23-18)16-7-5-4-6-8-16;/h3-8,15,17H,1,9-14H2,2H3,(H2,21,22,24);1H. The molecule has 0 radical (unpaired) electrons. The molecule has 0 unspecified atom stereocenters. The van der Waals surface area contributed by atoms with Crippen LogP contribution in [0.4, 0.5) is 0 Å². The number of likely N-dealkylation sites (tertiary alicyclic amines) is 1. The van der Waals surface area contributed by atoms with Gasteiger partial charge in [-0.1, -0.05) is 24.3 Å². The van der Waals surface area contributed by atoms with Gasteiger partial charge in [-0.05, 0) is 25.0 Å². The number of oxazole rings is 1. The Labute approximate surface area is 178 Å². The molecule has 1 fully saturated rings. The number of aromatic nitrogens is 1. The first-order chi connectivity index (χ1) is 12.8. The van der Waals surface area contributed by atoms with Crippen molar-refractivity contribution in [1.29, 1.82) is 0 Å². The third-order valence-corrected chi connectivity index (χ3v) is 4.55. The number of rotatable bonds is 6. The van der Waals surface area contributed by atoms with Crippen molar-refractivity contribution in [3.8, 4) is 11.5 Å². The molecule has 7 heteroatoms. The minimum absolute atomic E-state index is 0. The summed E-state index contributed by atoms with van der Waals surface area (Å²) in [6.45, 7) is 7.53. The first-order valence-corrected chi connectivity index (χ1v) is 9.08. The van der Waals surface area contributed by atoms with Crippen molar-refractivity contribution in [3.63, 3.8) is 0 Å². The van der Waals surface area contributed by atoms with E-state index in [1.807, 2.05) is 36.4 Å². The summed E-state index contributed by atoms with van der Waals surface area (Å²) >= 11 is 0. The Kier molecular flexibility index (Phi) is 8.80. The highest BCUT2D eigenvalue weighted by Crippen LogP contribution is 2.17. The van der Waals surface area contributed by atoms with Crippen molar-refractivity contribution in [2.24, 2.45) is 4.99 Å². The van der Waals surface area contributed by atoms with Crippen LogP contribution in [-0.4, -0.2) is 48.6 Å². The van der Waals surface area contributed by atoms with Crippen LogP contribution in [0.2, 0.25) is 0 Å². The molecule has 0 saturated carbocycles. The molecular weight excluding hydrogens is 453 g/mol. The van der Waals surface area contributed by atoms with Gasteiger partial charge in [0.05, 0.1) is 12.2 Å². The van der Waals surface area contributed by atoms with E-state index in [1.54, 1.807) is 13.3 Å². The van der Waals surface area contributed by atoms with Crippen LogP contribution >= 0.6 is 24.0 Å². The molecule has 0 bridgehead atoms. The number of nitrogens with one attached hydrogen (secondary N) is 2. The Morgan fingerprint density at radius 2 is 2.07 bits per heavy atom. The molecule has 1 aliphatic rings. The molecule has 2 aromatic rings. The van der Waals surface area contributed by atoms with Gasteiger partial charge in [-0.3, -0.25) is 9.89 Å². The van der Waals surface area contributed by atoms with Crippen LogP contribution in [0, 0.1) is 0 Å². The highest BCUT2D eigenvalue weighted by molar-refractivity contribution is 14.0. The second-order valence-electron chi connectivity index (χ2n) is 6.44. The predicted molar refractivity (Wildman–Crippen MR) is 120 cm³/mol. The SMILES string of the molecule is C=CCN1CCC(NC(=NC)NCc2coc(-c3ccccc3)n2)CC1.I. The van der Waals surface area contributed by atoms with E-state index in [4.69, 9.17) is 4.42 Å². The van der Waals surface area contributed by atoms with Crippen LogP contribution in [0.3, 0.4) is 0 Å². The van der Waals surface area contributed by atoms with Crippen molar-refractivity contribution in [2.75, 3.05) is 26.7 Å². The molecule has 6 nitrogen and oxygen atoms in total. The monoisotopic (exact) mass is 481 g/mol. The maximum Gasteiger partial charge on any atom is 0.226 e. The maximum absolute atomic E-state index is 5.58. The van der Waals surface area contributed by atoms with Gasteiger partial charge in [-0.25, -0.2) is 4.98 Å². The third kappa shape index (κ3) is 6.35. The van der Waals surface area contributed by atoms with Gasteiger partial charge in [0.25, 0.3) is 0 Å². The molecule has 146 valence electrons. The first kappa shape index (κ1) is 21.4. The van der Waals surface area contributed by atoms with Crippen molar-refractivity contribution in [1.82, 2.24) is 20.5 Å². The predicted octanol–water partition coefficient (Wildman–Crippen LogP) is 3.28. The van der Waals surface area contributed by atoms with Gasteiger partial charge in [-0.2, -0.15) is 0 Å². The summed E-state index contributed by atoms with van der Waals surface area (Å²) in [4.78, 5) is 11.3. The molecule has 2 N–H and O–H groups in total. The van der Waals surface area contributed by atoms with Crippen LogP contribution in [0.5, 0.6) is 0 Å². The molecule has 0 spiro atoms. The molecular formula is C20H28IN5O. The smallest absolute Gasteiger partial charge is 0.226 e. The van der Waals surface area contributed by atoms with Gasteiger partial charge < -0.3 is 15.1 Å². The lowest BCUT2D eigenvalue weighted by Crippen LogP contribution is -2.48. The summed E-state index contributed by atoms with van der Waals surface area (Å²) in [7, 11) is 1.79. The van der Waals surface area contributed by atoms with E-state index >= 15 is 0 Å². The lowest BCUT2D eigenvalue weighted by molar-refractivity contribution is 0.225. The normalized spacial score (nSPS) is 15.8. The molecule has 2 heterocycles. The number of halogens is 1. The fourth-order valence-electron chi connectivity index (χ4n) is 3.11. The van der Waals surface area contributed by atoms with Crippen molar-refractivity contribution >= 4 is 29.9 Å². The van der Waals surface area contributed by atoms with Gasteiger partial charge in [0, 0.05) is 38.3 Å². The fourth-order valence-corrected chi connectivity index (χ4v) is 3.11. The minimum Gasteiger partial charge on any atom is -0.444 e. The lowest BCUT2D eigenvalue weighted by atomic mass is 10.1. The number of benzene rings is 1. The third-order valence-electron chi connectivity index (χ3n) is 4.55. The van der Waals surface area contributed by atoms with E-state index in [2.05, 4.69) is 32.1 Å². The molecule has 1 aromatic heterocycles. The minimum atomic E-state index is 0. The Morgan fingerprint density at radius 3 is 2.74 bits per heavy atom. The first-order valence-electron chi connectivity index (χ1n) is 9.08. The second-order valence-corrected chi connectivity index (χ2v) is 6.44. The van der Waals surface area contributed by atoms with Gasteiger partial charge >= 0.3 is 0 Å². The van der Waals surface area contributed by atoms with Crippen LogP contribution in [-0.2, 0) is 6.54 Å². The van der Waals surface area contributed by atoms with Crippen molar-refractivity contribution in [3.05, 3.63) is 54.9 Å². The summed E-state index contributed by atoms with van der Waals surface area (Å²) in [5.74, 6) is 1.44. The van der Waals surface area contributed by atoms with E-state index in [0.29, 0.717) is 18.5 Å². The maximum atomic E-state index is 5.58. The zero-order valence-electron chi connectivity index (χ0n) is 15.7. The molecule has 1 saturated heterocycles. The summed E-state index contributed by atoms with van der Waals surface area (Å²) in [6.07, 6.45) is 5.87. The zero-order valence-corrected chi connectivity index (χ0v) is 18.1. The number of guanidine groups is 1. The number of piperidine rings is 1. The zero-order chi connectivity index (χ0) is 18.2. The van der Waals surface area contributed by atoms with Crippen molar-refractivity contribution in [2.45, 2.75) is 25.4 Å². The Morgan fingerprint density at radius 1 is 1.33 bits per heavy atom. The highest BCUT2D eigenvalue weighted by atomic mass is 127. The van der Waals surface area contributed by atoms with Crippen LogP contribution in [0.15, 0.2) is 58.7 Å². The van der Waals surface area contributed by atoms with Gasteiger partial charge in [0.2, 0.25) is 5.89 Å². The number of aliphatic imine (C=N–C) groups is 1. The van der Waals surface area contributed by atoms with Crippen LogP contribution < -0.4 is 10.6 Å². The summed E-state index contributed by atoms with van der Waals surface area (Å²) in [6, 6.07) is 10.4. The van der Waals surface area contributed by atoms with E-state index < -0.39 is 0 Å². The second kappa shape index (κ2) is 11.1. The Bertz CT molecular complexity index is 723. The van der Waals surface area contributed by atoms with Crippen LogP contribution in [0.1, 0.15) is 18.5 Å². The average Bonchev–Trinajstić information content (AvgIpc) is 3.16. The van der Waals surface area contributed by atoms with E-state index in [9.17, 15) is 0 Å². The topological polar surface area (TPSA) is 65.7 Å². The van der Waals surface area contributed by atoms with E-state index in [0.717, 1.165) is 49.7 Å². The molecule has 3 rings (SSSR count). The lowest BCUT2D eigenvalue weighted by Gasteiger charge is -2.32.